The summed E-state index contributed by atoms with van der Waals surface area (Å²) in [5.41, 5.74) is 10.6. The van der Waals surface area contributed by atoms with Gasteiger partial charge in [0.05, 0.1) is 0 Å². The van der Waals surface area contributed by atoms with Crippen LogP contribution in [0.5, 0.6) is 0 Å². The average Bonchev–Trinajstić information content (AvgIpc) is 2.48. The number of rotatable bonds is 3. The van der Waals surface area contributed by atoms with Gasteiger partial charge in [-0.25, -0.2) is 0 Å². The molecule has 2 aromatic carbocycles. The second-order valence-electron chi connectivity index (χ2n) is 5.44. The summed E-state index contributed by atoms with van der Waals surface area (Å²) in [6.07, 6.45) is 3.66. The van der Waals surface area contributed by atoms with Crippen LogP contribution in [0.15, 0.2) is 54.9 Å². The van der Waals surface area contributed by atoms with E-state index in [1.807, 2.05) is 18.3 Å². The molecule has 3 nitrogen and oxygen atoms in total. The number of pyridine rings is 1. The topological polar surface area (TPSA) is 42.1 Å². The minimum atomic E-state index is 0.792. The Morgan fingerprint density at radius 2 is 1.95 bits per heavy atom. The Balaban J connectivity index is 1.98. The average molecular weight is 277 g/mol. The van der Waals surface area contributed by atoms with Crippen molar-refractivity contribution >= 4 is 22.1 Å². The molecule has 0 unspecified atom stereocenters. The molecule has 0 spiro atoms. The van der Waals surface area contributed by atoms with Crippen LogP contribution >= 0.6 is 0 Å². The van der Waals surface area contributed by atoms with Crippen LogP contribution in [-0.4, -0.2) is 12.0 Å². The summed E-state index contributed by atoms with van der Waals surface area (Å²) in [7, 11) is 2.10. The maximum Gasteiger partial charge on any atom is 0.0463 e. The number of anilines is 2. The molecule has 1 aromatic heterocycles. The molecular weight excluding hydrogens is 258 g/mol. The van der Waals surface area contributed by atoms with E-state index in [1.54, 1.807) is 6.20 Å². The Morgan fingerprint density at radius 3 is 2.76 bits per heavy atom. The first kappa shape index (κ1) is 13.4. The first-order valence-corrected chi connectivity index (χ1v) is 7.04. The third-order valence-corrected chi connectivity index (χ3v) is 3.74. The molecule has 0 aliphatic rings. The summed E-state index contributed by atoms with van der Waals surface area (Å²) in [5.74, 6) is 0. The van der Waals surface area contributed by atoms with Crippen molar-refractivity contribution in [2.75, 3.05) is 17.7 Å². The number of benzene rings is 2. The predicted molar refractivity (Wildman–Crippen MR) is 89.4 cm³/mol. The lowest BCUT2D eigenvalue weighted by atomic mass is 10.1. The highest BCUT2D eigenvalue weighted by atomic mass is 15.1. The van der Waals surface area contributed by atoms with Crippen molar-refractivity contribution in [3.8, 4) is 0 Å². The van der Waals surface area contributed by atoms with E-state index in [2.05, 4.69) is 54.2 Å². The molecule has 0 fully saturated rings. The van der Waals surface area contributed by atoms with E-state index in [4.69, 9.17) is 5.73 Å². The maximum absolute atomic E-state index is 6.05. The van der Waals surface area contributed by atoms with Gasteiger partial charge in [-0.05, 0) is 30.7 Å². The second-order valence-corrected chi connectivity index (χ2v) is 5.44. The standard InChI is InChI=1S/C18H19N3/c1-13-4-3-5-14(10-13)12-21(2)18-7-6-17(19)15-8-9-20-11-16(15)18/h3-11H,12,19H2,1-2H3. The summed E-state index contributed by atoms with van der Waals surface area (Å²) >= 11 is 0. The lowest BCUT2D eigenvalue weighted by Crippen LogP contribution is -2.17. The number of fused-ring (bicyclic) bond motifs is 1. The van der Waals surface area contributed by atoms with Crippen molar-refractivity contribution < 1.29 is 0 Å². The number of nitrogens with two attached hydrogens (primary N) is 1. The monoisotopic (exact) mass is 277 g/mol. The van der Waals surface area contributed by atoms with E-state index in [0.29, 0.717) is 0 Å². The molecular formula is C18H19N3. The molecule has 0 atom stereocenters. The summed E-state index contributed by atoms with van der Waals surface area (Å²) in [4.78, 5) is 6.47. The van der Waals surface area contributed by atoms with Gasteiger partial charge >= 0.3 is 0 Å². The number of aromatic nitrogens is 1. The molecule has 0 saturated carbocycles. The van der Waals surface area contributed by atoms with E-state index < -0.39 is 0 Å². The lowest BCUT2D eigenvalue weighted by molar-refractivity contribution is 0.926. The van der Waals surface area contributed by atoms with Gasteiger partial charge in [-0.1, -0.05) is 29.8 Å². The van der Waals surface area contributed by atoms with Gasteiger partial charge in [0.25, 0.3) is 0 Å². The normalized spacial score (nSPS) is 10.8. The maximum atomic E-state index is 6.05. The number of aryl methyl sites for hydroxylation is 1. The zero-order valence-electron chi connectivity index (χ0n) is 12.4. The third kappa shape index (κ3) is 2.68. The van der Waals surface area contributed by atoms with Crippen molar-refractivity contribution in [1.82, 2.24) is 4.98 Å². The summed E-state index contributed by atoms with van der Waals surface area (Å²) < 4.78 is 0. The summed E-state index contributed by atoms with van der Waals surface area (Å²) in [5, 5.41) is 2.14. The van der Waals surface area contributed by atoms with E-state index in [0.717, 1.165) is 28.7 Å². The highest BCUT2D eigenvalue weighted by Crippen LogP contribution is 2.30. The van der Waals surface area contributed by atoms with Crippen molar-refractivity contribution in [2.45, 2.75) is 13.5 Å². The smallest absolute Gasteiger partial charge is 0.0463 e. The fourth-order valence-corrected chi connectivity index (χ4v) is 2.70. The Morgan fingerprint density at radius 1 is 1.10 bits per heavy atom. The molecule has 106 valence electrons. The van der Waals surface area contributed by atoms with Gasteiger partial charge in [-0.15, -0.1) is 0 Å². The molecule has 3 heteroatoms. The van der Waals surface area contributed by atoms with Crippen LogP contribution in [0, 0.1) is 6.92 Å². The van der Waals surface area contributed by atoms with Crippen LogP contribution in [0.25, 0.3) is 10.8 Å². The Bertz CT molecular complexity index is 780. The highest BCUT2D eigenvalue weighted by Gasteiger charge is 2.09. The van der Waals surface area contributed by atoms with Gasteiger partial charge in [0.2, 0.25) is 0 Å². The molecule has 3 aromatic rings. The second kappa shape index (κ2) is 5.44. The number of nitrogens with zero attached hydrogens (tertiary/aromatic N) is 2. The number of hydrogen-bond acceptors (Lipinski definition) is 3. The molecule has 3 rings (SSSR count). The molecule has 0 amide bonds. The van der Waals surface area contributed by atoms with E-state index >= 15 is 0 Å². The minimum absolute atomic E-state index is 0.792. The van der Waals surface area contributed by atoms with Crippen molar-refractivity contribution in [1.29, 1.82) is 0 Å². The molecule has 0 bridgehead atoms. The number of nitrogen functional groups attached to an aromatic ring is 1. The van der Waals surface area contributed by atoms with Crippen molar-refractivity contribution in [3.05, 3.63) is 66.0 Å². The lowest BCUT2D eigenvalue weighted by Gasteiger charge is -2.22. The van der Waals surface area contributed by atoms with Crippen molar-refractivity contribution in [3.63, 3.8) is 0 Å². The molecule has 1 heterocycles. The molecule has 0 aliphatic carbocycles. The van der Waals surface area contributed by atoms with Gasteiger partial charge < -0.3 is 10.6 Å². The fraction of sp³-hybridized carbons (Fsp3) is 0.167. The van der Waals surface area contributed by atoms with Crippen LogP contribution < -0.4 is 10.6 Å². The highest BCUT2D eigenvalue weighted by molar-refractivity contribution is 6.00. The van der Waals surface area contributed by atoms with E-state index in [1.165, 1.54) is 11.1 Å². The van der Waals surface area contributed by atoms with Gasteiger partial charge in [-0.2, -0.15) is 0 Å². The van der Waals surface area contributed by atoms with Gasteiger partial charge in [0, 0.05) is 48.1 Å². The molecule has 21 heavy (non-hydrogen) atoms. The molecule has 2 N–H and O–H groups in total. The quantitative estimate of drug-likeness (QED) is 0.741. The van der Waals surface area contributed by atoms with Crippen LogP contribution in [-0.2, 0) is 6.54 Å². The van der Waals surface area contributed by atoms with Gasteiger partial charge in [-0.3, -0.25) is 4.98 Å². The largest absolute Gasteiger partial charge is 0.398 e. The predicted octanol–water partition coefficient (Wildman–Crippen LogP) is 3.76. The third-order valence-electron chi connectivity index (χ3n) is 3.74. The molecule has 0 aliphatic heterocycles. The van der Waals surface area contributed by atoms with Crippen LogP contribution in [0.1, 0.15) is 11.1 Å². The first-order valence-electron chi connectivity index (χ1n) is 7.04. The zero-order chi connectivity index (χ0) is 14.8. The SMILES string of the molecule is Cc1cccc(CN(C)c2ccc(N)c3ccncc23)c1. The van der Waals surface area contributed by atoms with E-state index in [9.17, 15) is 0 Å². The van der Waals surface area contributed by atoms with Crippen LogP contribution in [0.2, 0.25) is 0 Å². The Labute approximate surface area is 125 Å². The summed E-state index contributed by atoms with van der Waals surface area (Å²) in [6.45, 7) is 2.97. The Kier molecular flexibility index (Phi) is 3.48. The van der Waals surface area contributed by atoms with Gasteiger partial charge in [0.15, 0.2) is 0 Å². The van der Waals surface area contributed by atoms with E-state index in [-0.39, 0.29) is 0 Å². The molecule has 0 radical (unpaired) electrons. The Hall–Kier alpha value is -2.55. The minimum Gasteiger partial charge on any atom is -0.398 e. The summed E-state index contributed by atoms with van der Waals surface area (Å²) in [6, 6.07) is 14.6. The van der Waals surface area contributed by atoms with Gasteiger partial charge in [0.1, 0.15) is 0 Å². The fourth-order valence-electron chi connectivity index (χ4n) is 2.70. The first-order chi connectivity index (χ1) is 10.1. The number of hydrogen-bond donors (Lipinski definition) is 1. The van der Waals surface area contributed by atoms with Crippen molar-refractivity contribution in [2.24, 2.45) is 0 Å². The molecule has 0 saturated heterocycles. The zero-order valence-corrected chi connectivity index (χ0v) is 12.4. The van der Waals surface area contributed by atoms with Crippen LogP contribution in [0.4, 0.5) is 11.4 Å². The van der Waals surface area contributed by atoms with Crippen LogP contribution in [0.3, 0.4) is 0 Å².